The fraction of sp³-hybridized carbons (Fsp3) is 0.115. The van der Waals surface area contributed by atoms with Gasteiger partial charge in [-0.2, -0.15) is 10.1 Å². The maximum atomic E-state index is 4.74. The number of nitrogens with one attached hydrogen (secondary N) is 1. The molecule has 1 N–H and O–H groups in total. The Morgan fingerprint density at radius 2 is 1.67 bits per heavy atom. The van der Waals surface area contributed by atoms with E-state index in [1.54, 1.807) is 11.0 Å². The Labute approximate surface area is 192 Å². The van der Waals surface area contributed by atoms with Crippen LogP contribution in [0.15, 0.2) is 85.6 Å². The SMILES string of the molecule is CC.[CH]1C=C1c1ccc(-c2cccn3nc(Nc4ccc(Cn5cncn5)cc4)nc23)cc1. The molecular formula is C26H24N7. The van der Waals surface area contributed by atoms with Crippen LogP contribution in [0.2, 0.25) is 0 Å². The number of benzene rings is 2. The average Bonchev–Trinajstić information content (AvgIpc) is 3.43. The van der Waals surface area contributed by atoms with Gasteiger partial charge in [-0.3, -0.25) is 0 Å². The molecule has 33 heavy (non-hydrogen) atoms. The van der Waals surface area contributed by atoms with Crippen LogP contribution < -0.4 is 5.32 Å². The van der Waals surface area contributed by atoms with Crippen LogP contribution in [-0.4, -0.2) is 29.4 Å². The minimum absolute atomic E-state index is 0.561. The lowest BCUT2D eigenvalue weighted by Crippen LogP contribution is -2.00. The summed E-state index contributed by atoms with van der Waals surface area (Å²) in [5.41, 5.74) is 7.59. The number of fused-ring (bicyclic) bond motifs is 1. The van der Waals surface area contributed by atoms with Crippen molar-refractivity contribution in [3.63, 3.8) is 0 Å². The Morgan fingerprint density at radius 3 is 2.36 bits per heavy atom. The molecule has 0 atom stereocenters. The van der Waals surface area contributed by atoms with Crippen LogP contribution in [0, 0.1) is 6.42 Å². The summed E-state index contributed by atoms with van der Waals surface area (Å²) in [6, 6.07) is 20.8. The molecule has 5 aromatic rings. The third-order valence-corrected chi connectivity index (χ3v) is 5.25. The van der Waals surface area contributed by atoms with E-state index >= 15 is 0 Å². The zero-order valence-electron chi connectivity index (χ0n) is 18.6. The Hall–Kier alpha value is -4.26. The van der Waals surface area contributed by atoms with E-state index in [0.29, 0.717) is 12.5 Å². The second-order valence-electron chi connectivity index (χ2n) is 7.41. The summed E-state index contributed by atoms with van der Waals surface area (Å²) < 4.78 is 3.60. The molecule has 0 saturated carbocycles. The number of aromatic nitrogens is 6. The van der Waals surface area contributed by atoms with Gasteiger partial charge in [0.15, 0.2) is 5.65 Å². The first-order valence-corrected chi connectivity index (χ1v) is 11.0. The molecule has 3 aromatic heterocycles. The van der Waals surface area contributed by atoms with Gasteiger partial charge in [-0.05, 0) is 46.5 Å². The summed E-state index contributed by atoms with van der Waals surface area (Å²) >= 11 is 0. The molecule has 7 heteroatoms. The van der Waals surface area contributed by atoms with Crippen molar-refractivity contribution in [2.45, 2.75) is 20.4 Å². The van der Waals surface area contributed by atoms with Crippen molar-refractivity contribution in [1.82, 2.24) is 29.4 Å². The highest BCUT2D eigenvalue weighted by Gasteiger charge is 2.13. The van der Waals surface area contributed by atoms with E-state index in [2.05, 4.69) is 75.5 Å². The van der Waals surface area contributed by atoms with Gasteiger partial charge < -0.3 is 5.32 Å². The molecule has 0 fully saturated rings. The molecule has 1 aliphatic rings. The van der Waals surface area contributed by atoms with Crippen LogP contribution in [0.5, 0.6) is 0 Å². The fourth-order valence-corrected chi connectivity index (χ4v) is 3.58. The van der Waals surface area contributed by atoms with E-state index in [1.165, 1.54) is 17.5 Å². The molecule has 2 aromatic carbocycles. The molecule has 0 bridgehead atoms. The molecule has 1 aliphatic carbocycles. The highest BCUT2D eigenvalue weighted by atomic mass is 15.3. The lowest BCUT2D eigenvalue weighted by atomic mass is 10.0. The van der Waals surface area contributed by atoms with Crippen molar-refractivity contribution < 1.29 is 0 Å². The lowest BCUT2D eigenvalue weighted by Gasteiger charge is -2.04. The zero-order valence-corrected chi connectivity index (χ0v) is 18.6. The number of hydrogen-bond acceptors (Lipinski definition) is 5. The largest absolute Gasteiger partial charge is 0.323 e. The number of allylic oxidation sites excluding steroid dienone is 2. The van der Waals surface area contributed by atoms with Crippen LogP contribution >= 0.6 is 0 Å². The number of anilines is 2. The molecule has 6 rings (SSSR count). The summed E-state index contributed by atoms with van der Waals surface area (Å²) in [6.45, 7) is 4.68. The summed E-state index contributed by atoms with van der Waals surface area (Å²) in [7, 11) is 0. The van der Waals surface area contributed by atoms with Gasteiger partial charge in [-0.1, -0.05) is 56.3 Å². The topological polar surface area (TPSA) is 72.9 Å². The lowest BCUT2D eigenvalue weighted by molar-refractivity contribution is 0.685. The van der Waals surface area contributed by atoms with Crippen molar-refractivity contribution in [2.24, 2.45) is 0 Å². The zero-order chi connectivity index (χ0) is 22.6. The van der Waals surface area contributed by atoms with Crippen molar-refractivity contribution in [2.75, 3.05) is 5.32 Å². The van der Waals surface area contributed by atoms with E-state index < -0.39 is 0 Å². The molecule has 0 amide bonds. The van der Waals surface area contributed by atoms with Gasteiger partial charge in [0.2, 0.25) is 5.95 Å². The normalized spacial score (nSPS) is 12.1. The molecular weight excluding hydrogens is 410 g/mol. The van der Waals surface area contributed by atoms with Gasteiger partial charge in [-0.25, -0.2) is 14.2 Å². The van der Waals surface area contributed by atoms with E-state index in [4.69, 9.17) is 4.98 Å². The predicted octanol–water partition coefficient (Wildman–Crippen LogP) is 5.41. The second-order valence-corrected chi connectivity index (χ2v) is 7.41. The number of rotatable bonds is 6. The van der Waals surface area contributed by atoms with Crippen molar-refractivity contribution in [3.05, 3.63) is 103 Å². The molecule has 7 nitrogen and oxygen atoms in total. The van der Waals surface area contributed by atoms with Crippen LogP contribution in [0.3, 0.4) is 0 Å². The average molecular weight is 435 g/mol. The molecule has 0 spiro atoms. The van der Waals surface area contributed by atoms with E-state index in [9.17, 15) is 0 Å². The minimum Gasteiger partial charge on any atom is -0.323 e. The minimum atomic E-state index is 0.561. The Morgan fingerprint density at radius 1 is 0.909 bits per heavy atom. The van der Waals surface area contributed by atoms with E-state index in [-0.39, 0.29) is 0 Å². The summed E-state index contributed by atoms with van der Waals surface area (Å²) in [5, 5.41) is 12.0. The Bertz CT molecular complexity index is 1380. The van der Waals surface area contributed by atoms with Gasteiger partial charge >= 0.3 is 0 Å². The van der Waals surface area contributed by atoms with Crippen molar-refractivity contribution >= 4 is 22.9 Å². The Kier molecular flexibility index (Phi) is 5.68. The third kappa shape index (κ3) is 4.52. The first-order chi connectivity index (χ1) is 16.3. The van der Waals surface area contributed by atoms with Gasteiger partial charge in [-0.15, -0.1) is 5.10 Å². The van der Waals surface area contributed by atoms with E-state index in [0.717, 1.165) is 28.0 Å². The maximum absolute atomic E-state index is 4.74. The highest BCUT2D eigenvalue weighted by Crippen LogP contribution is 2.32. The summed E-state index contributed by atoms with van der Waals surface area (Å²) in [4.78, 5) is 8.71. The van der Waals surface area contributed by atoms with Crippen molar-refractivity contribution in [3.8, 4) is 11.1 Å². The predicted molar refractivity (Wildman–Crippen MR) is 131 cm³/mol. The fourth-order valence-electron chi connectivity index (χ4n) is 3.58. The van der Waals surface area contributed by atoms with Crippen LogP contribution in [0.25, 0.3) is 22.3 Å². The molecule has 0 saturated heterocycles. The molecule has 0 unspecified atom stereocenters. The first kappa shape index (κ1) is 20.6. The monoisotopic (exact) mass is 434 g/mol. The number of hydrogen-bond donors (Lipinski definition) is 1. The summed E-state index contributed by atoms with van der Waals surface area (Å²) in [5.74, 6) is 0.561. The van der Waals surface area contributed by atoms with E-state index in [1.807, 2.05) is 42.8 Å². The molecule has 3 heterocycles. The molecule has 1 radical (unpaired) electrons. The Balaban J connectivity index is 0.00000111. The van der Waals surface area contributed by atoms with Gasteiger partial charge in [0.25, 0.3) is 0 Å². The van der Waals surface area contributed by atoms with Crippen molar-refractivity contribution in [1.29, 1.82) is 0 Å². The highest BCUT2D eigenvalue weighted by molar-refractivity contribution is 5.88. The standard InChI is InChI=1S/C24H18N7.C2H6/c1-2-22(20-9-7-19(8-10-20)18-5-6-18)23-28-24(29-31(23)13-1)27-21-11-3-17(4-12-21)14-30-16-25-15-26-30;1-2/h1-13,15-16H,14H2,(H,27,29);1-2H3. The van der Waals surface area contributed by atoms with Crippen LogP contribution in [0.4, 0.5) is 11.6 Å². The molecule has 163 valence electrons. The third-order valence-electron chi connectivity index (χ3n) is 5.25. The maximum Gasteiger partial charge on any atom is 0.247 e. The molecule has 0 aliphatic heterocycles. The smallest absolute Gasteiger partial charge is 0.247 e. The summed E-state index contributed by atoms with van der Waals surface area (Å²) in [6.07, 6.45) is 9.40. The van der Waals surface area contributed by atoms with Gasteiger partial charge in [0, 0.05) is 23.9 Å². The quantitative estimate of drug-likeness (QED) is 0.387. The van der Waals surface area contributed by atoms with Crippen LogP contribution in [-0.2, 0) is 6.54 Å². The first-order valence-electron chi connectivity index (χ1n) is 11.0. The van der Waals surface area contributed by atoms with Gasteiger partial charge in [0.05, 0.1) is 6.54 Å². The van der Waals surface area contributed by atoms with Crippen LogP contribution in [0.1, 0.15) is 25.0 Å². The second kappa shape index (κ2) is 9.08. The number of pyridine rings is 1. The van der Waals surface area contributed by atoms with Gasteiger partial charge in [0.1, 0.15) is 12.7 Å². The number of nitrogens with zero attached hydrogens (tertiary/aromatic N) is 6.